The summed E-state index contributed by atoms with van der Waals surface area (Å²) in [7, 11) is 0. The second-order valence-electron chi connectivity index (χ2n) is 21.1. The largest absolute Gasteiger partial charge is 0.394 e. The molecule has 19 heteroatoms. The summed E-state index contributed by atoms with van der Waals surface area (Å²) in [6.07, 6.45) is 23.1. The Morgan fingerprint density at radius 1 is 0.468 bits per heavy atom. The minimum Gasteiger partial charge on any atom is -0.394 e. The average Bonchev–Trinajstić information content (AvgIpc) is 3.54. The van der Waals surface area contributed by atoms with E-state index < -0.39 is 124 Å². The fourth-order valence-electron chi connectivity index (χ4n) is 9.64. The number of carbonyl (C=O) groups is 1. The molecule has 79 heavy (non-hydrogen) atoms. The van der Waals surface area contributed by atoms with Gasteiger partial charge in [0, 0.05) is 6.42 Å². The molecule has 3 aliphatic rings. The molecule has 3 heterocycles. The molecule has 0 aromatic carbocycles. The van der Waals surface area contributed by atoms with Crippen molar-refractivity contribution < 1.29 is 89.4 Å². The van der Waals surface area contributed by atoms with Crippen LogP contribution in [0.5, 0.6) is 0 Å². The molecule has 0 aliphatic carbocycles. The van der Waals surface area contributed by atoms with Gasteiger partial charge < -0.3 is 89.9 Å². The Kier molecular flexibility index (Phi) is 38.3. The number of allylic oxidation sites excluding steroid dienone is 11. The smallest absolute Gasteiger partial charge is 0.220 e. The third-order valence-corrected chi connectivity index (χ3v) is 14.5. The number of rotatable bonds is 42. The predicted molar refractivity (Wildman–Crippen MR) is 300 cm³/mol. The first-order valence-electron chi connectivity index (χ1n) is 29.7. The number of aliphatic hydroxyl groups excluding tert-OH is 11. The Bertz CT molecular complexity index is 1730. The molecule has 0 bridgehead atoms. The lowest BCUT2D eigenvalue weighted by atomic mass is 9.96. The number of aliphatic hydroxyl groups is 11. The van der Waals surface area contributed by atoms with Gasteiger partial charge in [0.15, 0.2) is 18.9 Å². The van der Waals surface area contributed by atoms with E-state index in [1.165, 1.54) is 77.0 Å². The van der Waals surface area contributed by atoms with E-state index in [0.717, 1.165) is 57.8 Å². The zero-order valence-electron chi connectivity index (χ0n) is 47.3. The molecule has 3 rings (SSSR count). The maximum atomic E-state index is 13.3. The van der Waals surface area contributed by atoms with Crippen molar-refractivity contribution in [3.63, 3.8) is 0 Å². The number of ether oxygens (including phenoxy) is 6. The number of hydrogen-bond donors (Lipinski definition) is 12. The monoisotopic (exact) mass is 1130 g/mol. The van der Waals surface area contributed by atoms with Crippen LogP contribution < -0.4 is 5.32 Å². The van der Waals surface area contributed by atoms with Crippen molar-refractivity contribution in [2.24, 2.45) is 0 Å². The number of nitrogens with one attached hydrogen (secondary N) is 1. The van der Waals surface area contributed by atoms with E-state index in [-0.39, 0.29) is 18.9 Å². The van der Waals surface area contributed by atoms with Crippen LogP contribution in [-0.4, -0.2) is 193 Å². The van der Waals surface area contributed by atoms with Gasteiger partial charge in [-0.1, -0.05) is 177 Å². The van der Waals surface area contributed by atoms with Crippen LogP contribution >= 0.6 is 0 Å². The van der Waals surface area contributed by atoms with Crippen molar-refractivity contribution in [2.75, 3.05) is 26.4 Å². The minimum absolute atomic E-state index is 0.161. The van der Waals surface area contributed by atoms with Gasteiger partial charge in [0.05, 0.1) is 38.6 Å². The van der Waals surface area contributed by atoms with Crippen molar-refractivity contribution in [1.29, 1.82) is 0 Å². The molecular formula is C60H103NO18. The Morgan fingerprint density at radius 3 is 1.35 bits per heavy atom. The van der Waals surface area contributed by atoms with Crippen molar-refractivity contribution in [3.05, 3.63) is 72.9 Å². The highest BCUT2D eigenvalue weighted by molar-refractivity contribution is 5.76. The van der Waals surface area contributed by atoms with Crippen LogP contribution in [0.25, 0.3) is 0 Å². The van der Waals surface area contributed by atoms with E-state index >= 15 is 0 Å². The van der Waals surface area contributed by atoms with E-state index in [1.807, 2.05) is 12.2 Å². The summed E-state index contributed by atoms with van der Waals surface area (Å²) >= 11 is 0. The van der Waals surface area contributed by atoms with Crippen LogP contribution in [0.1, 0.15) is 168 Å². The van der Waals surface area contributed by atoms with Gasteiger partial charge in [-0.05, 0) is 57.8 Å². The van der Waals surface area contributed by atoms with E-state index in [2.05, 4.69) is 73.8 Å². The highest BCUT2D eigenvalue weighted by Gasteiger charge is 2.53. The fourth-order valence-corrected chi connectivity index (χ4v) is 9.64. The minimum atomic E-state index is -1.99. The lowest BCUT2D eigenvalue weighted by Crippen LogP contribution is -2.66. The van der Waals surface area contributed by atoms with Gasteiger partial charge in [-0.25, -0.2) is 0 Å². The van der Waals surface area contributed by atoms with Gasteiger partial charge in [-0.2, -0.15) is 0 Å². The van der Waals surface area contributed by atoms with Gasteiger partial charge in [0.25, 0.3) is 0 Å². The van der Waals surface area contributed by atoms with Gasteiger partial charge in [-0.3, -0.25) is 4.79 Å². The summed E-state index contributed by atoms with van der Waals surface area (Å²) in [6.45, 7) is 1.55. The first kappa shape index (κ1) is 70.5. The first-order valence-corrected chi connectivity index (χ1v) is 29.7. The molecule has 0 aromatic heterocycles. The molecular weight excluding hydrogens is 1020 g/mol. The van der Waals surface area contributed by atoms with Gasteiger partial charge in [0.2, 0.25) is 5.91 Å². The summed E-state index contributed by atoms with van der Waals surface area (Å²) in [4.78, 5) is 13.3. The molecule has 3 saturated heterocycles. The summed E-state index contributed by atoms with van der Waals surface area (Å²) in [5.74, 6) is -0.335. The molecule has 1 amide bonds. The molecule has 456 valence electrons. The summed E-state index contributed by atoms with van der Waals surface area (Å²) < 4.78 is 34.2. The molecule has 0 spiro atoms. The normalized spacial score (nSPS) is 30.8. The van der Waals surface area contributed by atoms with Crippen molar-refractivity contribution in [1.82, 2.24) is 5.32 Å². The average molecular weight is 1130 g/mol. The van der Waals surface area contributed by atoms with Gasteiger partial charge in [-0.15, -0.1) is 0 Å². The van der Waals surface area contributed by atoms with Crippen molar-refractivity contribution in [3.8, 4) is 0 Å². The SMILES string of the molecule is CC/C=C\C/C=C\C/C=C\C/C=C\C/C=C\CCCC(=O)NC(COC1OC(CO)C(OC2OC(CO)C(OC3OC(CO)C(O)C(O)C3O)C(O)C2O)C(O)C1O)C(O)/C=C/CCCCCCCCCCCCCCCCC. The Balaban J connectivity index is 1.54. The number of hydrogen-bond acceptors (Lipinski definition) is 18. The van der Waals surface area contributed by atoms with Crippen molar-refractivity contribution in [2.45, 2.75) is 272 Å². The zero-order chi connectivity index (χ0) is 57.6. The Hall–Kier alpha value is -2.77. The summed E-state index contributed by atoms with van der Waals surface area (Å²) in [6, 6.07) is -1.01. The molecule has 0 aromatic rings. The van der Waals surface area contributed by atoms with Crippen LogP contribution in [0.2, 0.25) is 0 Å². The van der Waals surface area contributed by atoms with E-state index in [4.69, 9.17) is 28.4 Å². The summed E-state index contributed by atoms with van der Waals surface area (Å²) in [5, 5.41) is 120. The molecule has 3 fully saturated rings. The van der Waals surface area contributed by atoms with Crippen LogP contribution in [0.15, 0.2) is 72.9 Å². The van der Waals surface area contributed by atoms with Gasteiger partial charge >= 0.3 is 0 Å². The van der Waals surface area contributed by atoms with Crippen LogP contribution in [0, 0.1) is 0 Å². The second-order valence-corrected chi connectivity index (χ2v) is 21.1. The highest BCUT2D eigenvalue weighted by atomic mass is 16.8. The molecule has 17 unspecified atom stereocenters. The second kappa shape index (κ2) is 43.0. The summed E-state index contributed by atoms with van der Waals surface area (Å²) in [5.41, 5.74) is 0. The zero-order valence-corrected chi connectivity index (χ0v) is 47.3. The third-order valence-electron chi connectivity index (χ3n) is 14.5. The Morgan fingerprint density at radius 2 is 0.873 bits per heavy atom. The maximum Gasteiger partial charge on any atom is 0.220 e. The number of amides is 1. The Labute approximate surface area is 470 Å². The van der Waals surface area contributed by atoms with Crippen LogP contribution in [0.4, 0.5) is 0 Å². The first-order chi connectivity index (χ1) is 38.3. The van der Waals surface area contributed by atoms with E-state index in [1.54, 1.807) is 6.08 Å². The fraction of sp³-hybridized carbons (Fsp3) is 0.783. The van der Waals surface area contributed by atoms with Crippen molar-refractivity contribution >= 4 is 5.91 Å². The van der Waals surface area contributed by atoms with E-state index in [9.17, 15) is 61.0 Å². The molecule has 17 atom stereocenters. The lowest BCUT2D eigenvalue weighted by Gasteiger charge is -2.48. The topological polar surface area (TPSA) is 307 Å². The van der Waals surface area contributed by atoms with Crippen LogP contribution in [-0.2, 0) is 33.2 Å². The lowest BCUT2D eigenvalue weighted by molar-refractivity contribution is -0.379. The number of carbonyl (C=O) groups excluding carboxylic acids is 1. The van der Waals surface area contributed by atoms with Crippen LogP contribution in [0.3, 0.4) is 0 Å². The molecule has 19 nitrogen and oxygen atoms in total. The van der Waals surface area contributed by atoms with E-state index in [0.29, 0.717) is 12.8 Å². The standard InChI is InChI=1S/C60H103NO18/c1-3-5-7-9-11-13-15-17-19-21-23-25-27-29-31-33-35-37-44(65)43(61-48(66)38-36-34-32-30-28-26-24-22-20-18-16-14-12-10-8-6-4-2)42-74-58-54(72)51(69)56(46(40-63)76-58)79-60-55(73)52(70)57(47(41-64)77-60)78-59-53(71)50(68)49(67)45(39-62)75-59/h6,8,12,14,18,20,24,26,30,32,35,37,43-47,49-60,62-65,67-73H,3-5,7,9-11,13,15-17,19,21-23,25,27-29,31,33-34,36,38-42H2,1-2H3,(H,61,66)/b8-6-,14-12-,20-18-,26-24-,32-30-,37-35+. The third kappa shape index (κ3) is 27.0. The molecule has 0 radical (unpaired) electrons. The predicted octanol–water partition coefficient (Wildman–Crippen LogP) is 5.04. The molecule has 3 aliphatic heterocycles. The number of unbranched alkanes of at least 4 members (excludes halogenated alkanes) is 16. The quantitative estimate of drug-likeness (QED) is 0.0282. The molecule has 0 saturated carbocycles. The highest BCUT2D eigenvalue weighted by Crippen LogP contribution is 2.33. The van der Waals surface area contributed by atoms with Gasteiger partial charge in [0.1, 0.15) is 73.2 Å². The maximum absolute atomic E-state index is 13.3. The molecule has 12 N–H and O–H groups in total.